The average Bonchev–Trinajstić information content (AvgIpc) is 3.75. The number of para-hydroxylation sites is 1. The van der Waals surface area contributed by atoms with E-state index in [1.165, 1.54) is 66.4 Å². The van der Waals surface area contributed by atoms with E-state index in [2.05, 4.69) is 219 Å². The summed E-state index contributed by atoms with van der Waals surface area (Å²) < 4.78 is 6.76. The standard InChI is InChI=1S/C55H39NO/c1-55(2)47-26-11-9-23-45(47)54-48(55)27-15-29-50(54)56(49-28-12-10-22-41(49)36-16-5-3-6-17-36)40-31-32-44-46-34-39(30-33-51(46)57-52(44)35-40)43-25-14-21-38-20-13-24-42(53(38)43)37-18-7-4-8-19-37/h3-35H,1-2H3. The molecule has 0 saturated heterocycles. The molecule has 9 aromatic carbocycles. The molecule has 10 aromatic rings. The predicted octanol–water partition coefficient (Wildman–Crippen LogP) is 15.5. The lowest BCUT2D eigenvalue weighted by Crippen LogP contribution is -2.16. The third kappa shape index (κ3) is 5.25. The fourth-order valence-electron chi connectivity index (χ4n) is 9.37. The number of anilines is 3. The van der Waals surface area contributed by atoms with E-state index in [0.717, 1.165) is 39.0 Å². The summed E-state index contributed by atoms with van der Waals surface area (Å²) in [6.07, 6.45) is 0. The van der Waals surface area contributed by atoms with Crippen molar-refractivity contribution in [2.24, 2.45) is 0 Å². The Morgan fingerprint density at radius 2 is 1.00 bits per heavy atom. The zero-order chi connectivity index (χ0) is 38.1. The van der Waals surface area contributed by atoms with Crippen LogP contribution in [0, 0.1) is 0 Å². The van der Waals surface area contributed by atoms with Crippen LogP contribution >= 0.6 is 0 Å². The van der Waals surface area contributed by atoms with Gasteiger partial charge in [-0.25, -0.2) is 0 Å². The van der Waals surface area contributed by atoms with Gasteiger partial charge in [-0.1, -0.05) is 172 Å². The first-order chi connectivity index (χ1) is 28.0. The molecule has 0 fully saturated rings. The molecule has 0 spiro atoms. The van der Waals surface area contributed by atoms with Gasteiger partial charge < -0.3 is 9.32 Å². The zero-order valence-electron chi connectivity index (χ0n) is 31.9. The maximum atomic E-state index is 6.76. The van der Waals surface area contributed by atoms with E-state index in [9.17, 15) is 0 Å². The smallest absolute Gasteiger partial charge is 0.137 e. The summed E-state index contributed by atoms with van der Waals surface area (Å²) in [4.78, 5) is 2.44. The SMILES string of the molecule is CC1(C)c2ccccc2-c2c(N(c3ccc4c(c3)oc3ccc(-c5cccc6cccc(-c7ccccc7)c56)cc34)c3ccccc3-c3ccccc3)cccc21. The second-order valence-electron chi connectivity index (χ2n) is 15.7. The van der Waals surface area contributed by atoms with Gasteiger partial charge in [0.25, 0.3) is 0 Å². The Hall–Kier alpha value is -7.16. The quantitative estimate of drug-likeness (QED) is 0.169. The Bertz CT molecular complexity index is 3150. The van der Waals surface area contributed by atoms with Gasteiger partial charge in [0.15, 0.2) is 0 Å². The van der Waals surface area contributed by atoms with E-state index >= 15 is 0 Å². The molecule has 1 aliphatic carbocycles. The van der Waals surface area contributed by atoms with Gasteiger partial charge in [-0.05, 0) is 91.7 Å². The first kappa shape index (κ1) is 33.2. The second kappa shape index (κ2) is 13.0. The van der Waals surface area contributed by atoms with Crippen LogP contribution in [0.3, 0.4) is 0 Å². The summed E-state index contributed by atoms with van der Waals surface area (Å²) in [6.45, 7) is 4.69. The number of fused-ring (bicyclic) bond motifs is 7. The summed E-state index contributed by atoms with van der Waals surface area (Å²) in [5, 5.41) is 4.69. The summed E-state index contributed by atoms with van der Waals surface area (Å²) >= 11 is 0. The zero-order valence-corrected chi connectivity index (χ0v) is 31.9. The molecule has 0 aliphatic heterocycles. The minimum atomic E-state index is -0.126. The van der Waals surface area contributed by atoms with E-state index < -0.39 is 0 Å². The fraction of sp³-hybridized carbons (Fsp3) is 0.0545. The molecule has 57 heavy (non-hydrogen) atoms. The van der Waals surface area contributed by atoms with Crippen molar-refractivity contribution in [3.8, 4) is 44.5 Å². The Labute approximate surface area is 332 Å². The number of hydrogen-bond acceptors (Lipinski definition) is 2. The van der Waals surface area contributed by atoms with Crippen LogP contribution in [0.15, 0.2) is 205 Å². The van der Waals surface area contributed by atoms with Crippen molar-refractivity contribution in [1.82, 2.24) is 0 Å². The number of rotatable bonds is 6. The van der Waals surface area contributed by atoms with E-state index in [4.69, 9.17) is 4.42 Å². The van der Waals surface area contributed by atoms with Gasteiger partial charge in [-0.15, -0.1) is 0 Å². The molecular formula is C55H39NO. The molecule has 0 atom stereocenters. The summed E-state index contributed by atoms with van der Waals surface area (Å²) in [5.74, 6) is 0. The van der Waals surface area contributed by atoms with Crippen LogP contribution in [0.4, 0.5) is 17.1 Å². The Balaban J connectivity index is 1.11. The first-order valence-electron chi connectivity index (χ1n) is 19.8. The highest BCUT2D eigenvalue weighted by atomic mass is 16.3. The van der Waals surface area contributed by atoms with Crippen LogP contribution in [0.25, 0.3) is 77.2 Å². The largest absolute Gasteiger partial charge is 0.456 e. The van der Waals surface area contributed by atoms with E-state index in [0.29, 0.717) is 0 Å². The summed E-state index contributed by atoms with van der Waals surface area (Å²) in [5.41, 5.74) is 17.4. The lowest BCUT2D eigenvalue weighted by atomic mass is 9.82. The second-order valence-corrected chi connectivity index (χ2v) is 15.7. The van der Waals surface area contributed by atoms with Crippen molar-refractivity contribution >= 4 is 49.8 Å². The van der Waals surface area contributed by atoms with E-state index in [1.807, 2.05) is 0 Å². The molecule has 0 saturated carbocycles. The Kier molecular flexibility index (Phi) is 7.55. The summed E-state index contributed by atoms with van der Waals surface area (Å²) in [7, 11) is 0. The number of hydrogen-bond donors (Lipinski definition) is 0. The van der Waals surface area contributed by atoms with Crippen LogP contribution in [-0.2, 0) is 5.41 Å². The third-order valence-electron chi connectivity index (χ3n) is 12.1. The molecule has 0 N–H and O–H groups in total. The minimum absolute atomic E-state index is 0.126. The summed E-state index contributed by atoms with van der Waals surface area (Å²) in [6, 6.07) is 72.5. The Morgan fingerprint density at radius 3 is 1.77 bits per heavy atom. The van der Waals surface area contributed by atoms with Crippen molar-refractivity contribution in [3.63, 3.8) is 0 Å². The third-order valence-corrected chi connectivity index (χ3v) is 12.1. The van der Waals surface area contributed by atoms with Crippen molar-refractivity contribution in [1.29, 1.82) is 0 Å². The maximum Gasteiger partial charge on any atom is 0.137 e. The molecule has 11 rings (SSSR count). The highest BCUT2D eigenvalue weighted by Gasteiger charge is 2.38. The molecule has 270 valence electrons. The monoisotopic (exact) mass is 729 g/mol. The predicted molar refractivity (Wildman–Crippen MR) is 240 cm³/mol. The van der Waals surface area contributed by atoms with Gasteiger partial charge >= 0.3 is 0 Å². The molecule has 1 aromatic heterocycles. The number of benzene rings is 9. The molecular weight excluding hydrogens is 691 g/mol. The van der Waals surface area contributed by atoms with Gasteiger partial charge in [0.05, 0.1) is 11.4 Å². The van der Waals surface area contributed by atoms with Gasteiger partial charge in [0.1, 0.15) is 11.2 Å². The average molecular weight is 730 g/mol. The lowest BCUT2D eigenvalue weighted by Gasteiger charge is -2.30. The van der Waals surface area contributed by atoms with Crippen LogP contribution in [0.1, 0.15) is 25.0 Å². The van der Waals surface area contributed by atoms with Crippen molar-refractivity contribution < 1.29 is 4.42 Å². The molecule has 1 aliphatic rings. The first-order valence-corrected chi connectivity index (χ1v) is 19.8. The minimum Gasteiger partial charge on any atom is -0.456 e. The molecule has 1 heterocycles. The van der Waals surface area contributed by atoms with Crippen LogP contribution < -0.4 is 4.90 Å². The topological polar surface area (TPSA) is 16.4 Å². The lowest BCUT2D eigenvalue weighted by molar-refractivity contribution is 0.660. The highest BCUT2D eigenvalue weighted by molar-refractivity contribution is 6.11. The molecule has 0 radical (unpaired) electrons. The van der Waals surface area contributed by atoms with Gasteiger partial charge in [-0.2, -0.15) is 0 Å². The van der Waals surface area contributed by atoms with Gasteiger partial charge in [-0.3, -0.25) is 0 Å². The van der Waals surface area contributed by atoms with Crippen LogP contribution in [0.2, 0.25) is 0 Å². The van der Waals surface area contributed by atoms with Crippen LogP contribution in [-0.4, -0.2) is 0 Å². The van der Waals surface area contributed by atoms with Crippen molar-refractivity contribution in [2.75, 3.05) is 4.90 Å². The molecule has 2 nitrogen and oxygen atoms in total. The van der Waals surface area contributed by atoms with Gasteiger partial charge in [0, 0.05) is 39.1 Å². The molecule has 0 bridgehead atoms. The van der Waals surface area contributed by atoms with E-state index in [1.54, 1.807) is 0 Å². The van der Waals surface area contributed by atoms with Crippen molar-refractivity contribution in [2.45, 2.75) is 19.3 Å². The van der Waals surface area contributed by atoms with Gasteiger partial charge in [0.2, 0.25) is 0 Å². The normalized spacial score (nSPS) is 12.9. The fourth-order valence-corrected chi connectivity index (χ4v) is 9.37. The molecule has 0 amide bonds. The van der Waals surface area contributed by atoms with E-state index in [-0.39, 0.29) is 5.41 Å². The molecule has 0 unspecified atom stereocenters. The number of furan rings is 1. The molecule has 2 heteroatoms. The van der Waals surface area contributed by atoms with Crippen LogP contribution in [0.5, 0.6) is 0 Å². The Morgan fingerprint density at radius 1 is 0.404 bits per heavy atom. The highest BCUT2D eigenvalue weighted by Crippen LogP contribution is 2.55. The maximum absolute atomic E-state index is 6.76. The number of nitrogens with zero attached hydrogens (tertiary/aromatic N) is 1. The van der Waals surface area contributed by atoms with Crippen molar-refractivity contribution in [3.05, 3.63) is 211 Å².